The minimum absolute atomic E-state index is 0.000604. The summed E-state index contributed by atoms with van der Waals surface area (Å²) >= 11 is 0. The van der Waals surface area contributed by atoms with Crippen LogP contribution in [0.15, 0.2) is 18.2 Å². The fourth-order valence-corrected chi connectivity index (χ4v) is 4.23. The van der Waals surface area contributed by atoms with E-state index < -0.39 is 5.60 Å². The second kappa shape index (κ2) is 8.59. The van der Waals surface area contributed by atoms with Gasteiger partial charge in [-0.2, -0.15) is 0 Å². The molecule has 2 aliphatic rings. The van der Waals surface area contributed by atoms with Gasteiger partial charge in [-0.05, 0) is 49.9 Å². The molecule has 0 aliphatic carbocycles. The predicted octanol–water partition coefficient (Wildman–Crippen LogP) is 0.952. The molecule has 1 aromatic rings. The van der Waals surface area contributed by atoms with Gasteiger partial charge in [-0.1, -0.05) is 6.07 Å². The van der Waals surface area contributed by atoms with Crippen LogP contribution in [0.3, 0.4) is 0 Å². The van der Waals surface area contributed by atoms with Gasteiger partial charge in [0.2, 0.25) is 5.91 Å². The Morgan fingerprint density at radius 2 is 1.82 bits per heavy atom. The lowest BCUT2D eigenvalue weighted by Gasteiger charge is -2.42. The number of amides is 2. The van der Waals surface area contributed by atoms with Crippen molar-refractivity contribution in [2.75, 3.05) is 57.9 Å². The molecule has 0 bridgehead atoms. The van der Waals surface area contributed by atoms with Gasteiger partial charge >= 0.3 is 0 Å². The van der Waals surface area contributed by atoms with Gasteiger partial charge in [-0.3, -0.25) is 14.5 Å². The maximum atomic E-state index is 12.8. The number of likely N-dealkylation sites (tertiary alicyclic amines) is 1. The molecule has 0 spiro atoms. The topological polar surface area (TPSA) is 73.3 Å². The first-order valence-corrected chi connectivity index (χ1v) is 9.94. The standard InChI is InChI=1S/C21H31N3O4/c1-16-11-17(2)13-18(12-16)24-8-7-22(14-19(24)25)15-21(27)5-4-6-23(20(21)26)9-10-28-3/h11-13,27H,4-10,14-15H2,1-3H3/t21-/m1/s1. The largest absolute Gasteiger partial charge is 0.383 e. The number of hydrogen-bond acceptors (Lipinski definition) is 5. The third-order valence-corrected chi connectivity index (χ3v) is 5.57. The molecule has 7 nitrogen and oxygen atoms in total. The van der Waals surface area contributed by atoms with Gasteiger partial charge in [0.25, 0.3) is 5.91 Å². The molecule has 0 saturated carbocycles. The summed E-state index contributed by atoms with van der Waals surface area (Å²) in [5.74, 6) is -0.251. The maximum Gasteiger partial charge on any atom is 0.255 e. The third kappa shape index (κ3) is 4.54. The van der Waals surface area contributed by atoms with E-state index in [1.54, 1.807) is 16.9 Å². The molecule has 2 fully saturated rings. The summed E-state index contributed by atoms with van der Waals surface area (Å²) in [6.45, 7) is 7.22. The number of carbonyl (C=O) groups excluding carboxylic acids is 2. The number of aryl methyl sites for hydroxylation is 2. The monoisotopic (exact) mass is 389 g/mol. The summed E-state index contributed by atoms with van der Waals surface area (Å²) in [5, 5.41) is 11.0. The number of nitrogens with zero attached hydrogens (tertiary/aromatic N) is 3. The summed E-state index contributed by atoms with van der Waals surface area (Å²) < 4.78 is 5.06. The molecule has 1 N–H and O–H groups in total. The Bertz CT molecular complexity index is 718. The van der Waals surface area contributed by atoms with Gasteiger partial charge in [0, 0.05) is 45.5 Å². The fraction of sp³-hybridized carbons (Fsp3) is 0.619. The molecular weight excluding hydrogens is 358 g/mol. The van der Waals surface area contributed by atoms with Crippen molar-refractivity contribution in [2.45, 2.75) is 32.3 Å². The number of aliphatic hydroxyl groups is 1. The van der Waals surface area contributed by atoms with Crippen molar-refractivity contribution >= 4 is 17.5 Å². The number of benzene rings is 1. The number of carbonyl (C=O) groups is 2. The van der Waals surface area contributed by atoms with Crippen LogP contribution in [0.2, 0.25) is 0 Å². The zero-order valence-corrected chi connectivity index (χ0v) is 17.1. The zero-order valence-electron chi connectivity index (χ0n) is 17.1. The first-order valence-electron chi connectivity index (χ1n) is 9.94. The molecular formula is C21H31N3O4. The first-order chi connectivity index (χ1) is 13.3. The highest BCUT2D eigenvalue weighted by molar-refractivity contribution is 5.96. The molecule has 1 atom stereocenters. The summed E-state index contributed by atoms with van der Waals surface area (Å²) in [6.07, 6.45) is 1.18. The van der Waals surface area contributed by atoms with E-state index in [2.05, 4.69) is 6.07 Å². The van der Waals surface area contributed by atoms with Gasteiger partial charge in [0.1, 0.15) is 0 Å². The van der Waals surface area contributed by atoms with Gasteiger partial charge in [0.05, 0.1) is 13.2 Å². The van der Waals surface area contributed by atoms with Crippen LogP contribution >= 0.6 is 0 Å². The molecule has 3 rings (SSSR count). The van der Waals surface area contributed by atoms with Crippen molar-refractivity contribution < 1.29 is 19.4 Å². The van der Waals surface area contributed by atoms with E-state index in [4.69, 9.17) is 4.74 Å². The number of β-amino-alcohol motifs (C(OH)–C–C–N with tert-alkyl or cyclic N) is 1. The SMILES string of the molecule is COCCN1CCC[C@@](O)(CN2CCN(c3cc(C)cc(C)c3)C(=O)C2)C1=O. The van der Waals surface area contributed by atoms with Gasteiger partial charge in [-0.15, -0.1) is 0 Å². The lowest BCUT2D eigenvalue weighted by atomic mass is 9.90. The van der Waals surface area contributed by atoms with E-state index in [0.717, 1.165) is 23.2 Å². The molecule has 28 heavy (non-hydrogen) atoms. The molecule has 2 aliphatic heterocycles. The van der Waals surface area contributed by atoms with Gasteiger partial charge in [-0.25, -0.2) is 0 Å². The summed E-state index contributed by atoms with van der Waals surface area (Å²) in [5.41, 5.74) is 1.75. The molecule has 1 aromatic carbocycles. The Balaban J connectivity index is 1.63. The van der Waals surface area contributed by atoms with Crippen LogP contribution in [0, 0.1) is 13.8 Å². The summed E-state index contributed by atoms with van der Waals surface area (Å²) in [7, 11) is 1.60. The van der Waals surface area contributed by atoms with E-state index in [-0.39, 0.29) is 24.9 Å². The Labute approximate surface area is 166 Å². The number of rotatable bonds is 6. The van der Waals surface area contributed by atoms with Crippen molar-refractivity contribution in [3.8, 4) is 0 Å². The molecule has 154 valence electrons. The van der Waals surface area contributed by atoms with Gasteiger partial charge in [0.15, 0.2) is 5.60 Å². The smallest absolute Gasteiger partial charge is 0.255 e. The number of methoxy groups -OCH3 is 1. The van der Waals surface area contributed by atoms with E-state index in [9.17, 15) is 14.7 Å². The quantitative estimate of drug-likeness (QED) is 0.784. The Morgan fingerprint density at radius 1 is 1.11 bits per heavy atom. The maximum absolute atomic E-state index is 12.8. The van der Waals surface area contributed by atoms with Crippen molar-refractivity contribution in [2.24, 2.45) is 0 Å². The van der Waals surface area contributed by atoms with Crippen LogP contribution in [-0.2, 0) is 14.3 Å². The zero-order chi connectivity index (χ0) is 20.3. The Hall–Kier alpha value is -1.96. The molecule has 0 radical (unpaired) electrons. The number of hydrogen-bond donors (Lipinski definition) is 1. The van der Waals surface area contributed by atoms with Crippen LogP contribution in [0.25, 0.3) is 0 Å². The molecule has 2 heterocycles. The van der Waals surface area contributed by atoms with Crippen LogP contribution < -0.4 is 4.90 Å². The van der Waals surface area contributed by atoms with Crippen LogP contribution in [0.5, 0.6) is 0 Å². The van der Waals surface area contributed by atoms with Crippen molar-refractivity contribution in [1.82, 2.24) is 9.80 Å². The average molecular weight is 389 g/mol. The molecule has 7 heteroatoms. The molecule has 0 aromatic heterocycles. The van der Waals surface area contributed by atoms with E-state index >= 15 is 0 Å². The highest BCUT2D eigenvalue weighted by Gasteiger charge is 2.44. The fourth-order valence-electron chi connectivity index (χ4n) is 4.23. The average Bonchev–Trinajstić information content (AvgIpc) is 2.62. The highest BCUT2D eigenvalue weighted by atomic mass is 16.5. The van der Waals surface area contributed by atoms with Crippen LogP contribution in [0.1, 0.15) is 24.0 Å². The van der Waals surface area contributed by atoms with Crippen LogP contribution in [0.4, 0.5) is 5.69 Å². The van der Waals surface area contributed by atoms with Gasteiger partial charge < -0.3 is 19.6 Å². The molecule has 2 saturated heterocycles. The normalized spacial score (nSPS) is 24.1. The number of anilines is 1. The second-order valence-corrected chi connectivity index (χ2v) is 8.02. The minimum Gasteiger partial charge on any atom is -0.383 e. The van der Waals surface area contributed by atoms with E-state index in [0.29, 0.717) is 39.2 Å². The molecule has 2 amide bonds. The highest BCUT2D eigenvalue weighted by Crippen LogP contribution is 2.26. The Morgan fingerprint density at radius 3 is 2.46 bits per heavy atom. The van der Waals surface area contributed by atoms with E-state index in [1.807, 2.05) is 30.9 Å². The van der Waals surface area contributed by atoms with Crippen LogP contribution in [-0.4, -0.2) is 85.3 Å². The van der Waals surface area contributed by atoms with E-state index in [1.165, 1.54) is 0 Å². The number of piperazine rings is 1. The third-order valence-electron chi connectivity index (χ3n) is 5.57. The summed E-state index contributed by atoms with van der Waals surface area (Å²) in [4.78, 5) is 30.9. The second-order valence-electron chi connectivity index (χ2n) is 8.02. The Kier molecular flexibility index (Phi) is 6.37. The van der Waals surface area contributed by atoms with Crippen molar-refractivity contribution in [1.29, 1.82) is 0 Å². The number of piperidine rings is 1. The summed E-state index contributed by atoms with van der Waals surface area (Å²) in [6, 6.07) is 6.13. The van der Waals surface area contributed by atoms with Crippen molar-refractivity contribution in [3.63, 3.8) is 0 Å². The molecule has 0 unspecified atom stereocenters. The lowest BCUT2D eigenvalue weighted by molar-refractivity contribution is -0.160. The minimum atomic E-state index is -1.42. The predicted molar refractivity (Wildman–Crippen MR) is 107 cm³/mol. The van der Waals surface area contributed by atoms with Crippen molar-refractivity contribution in [3.05, 3.63) is 29.3 Å². The first kappa shape index (κ1) is 20.8. The number of ether oxygens (including phenoxy) is 1. The lowest BCUT2D eigenvalue weighted by Crippen LogP contribution is -2.61.